The third-order valence-electron chi connectivity index (χ3n) is 3.76. The Morgan fingerprint density at radius 1 is 1.13 bits per heavy atom. The predicted octanol–water partition coefficient (Wildman–Crippen LogP) is -0.654. The standard InChI is InChI=1S/C17H20N4O9S/c18-11(16(26)27)5-6-13(22)20-12(15(25)19-7-14(23)24)8-31-17(28)9-1-3-10(4-2-9)21(29)30/h1-4,11-12H,5-8,18H2,(H,19,25)(H,20,22)(H,23,24)(H,26,27)/t11-,12-/m0/s1. The van der Waals surface area contributed by atoms with Crippen molar-refractivity contribution in [3.05, 3.63) is 39.9 Å². The fourth-order valence-electron chi connectivity index (χ4n) is 2.11. The van der Waals surface area contributed by atoms with Gasteiger partial charge in [-0.1, -0.05) is 11.8 Å². The minimum absolute atomic E-state index is 0.124. The fourth-order valence-corrected chi connectivity index (χ4v) is 2.96. The molecule has 6 N–H and O–H groups in total. The van der Waals surface area contributed by atoms with Crippen molar-refractivity contribution in [1.29, 1.82) is 0 Å². The third-order valence-corrected chi connectivity index (χ3v) is 4.76. The van der Waals surface area contributed by atoms with Gasteiger partial charge < -0.3 is 26.6 Å². The zero-order chi connectivity index (χ0) is 23.6. The number of nitrogens with zero attached hydrogens (tertiary/aromatic N) is 1. The number of non-ortho nitro benzene ring substituents is 1. The molecule has 0 aromatic heterocycles. The van der Waals surface area contributed by atoms with Gasteiger partial charge in [-0.05, 0) is 18.6 Å². The molecule has 0 aliphatic heterocycles. The highest BCUT2D eigenvalue weighted by atomic mass is 32.2. The quantitative estimate of drug-likeness (QED) is 0.196. The predicted molar refractivity (Wildman–Crippen MR) is 107 cm³/mol. The maximum atomic E-state index is 12.3. The van der Waals surface area contributed by atoms with Gasteiger partial charge in [-0.25, -0.2) is 0 Å². The van der Waals surface area contributed by atoms with E-state index in [0.717, 1.165) is 12.1 Å². The summed E-state index contributed by atoms with van der Waals surface area (Å²) < 4.78 is 0. The number of nitrogens with two attached hydrogens (primary N) is 1. The monoisotopic (exact) mass is 456 g/mol. The zero-order valence-corrected chi connectivity index (χ0v) is 16.8. The van der Waals surface area contributed by atoms with Gasteiger partial charge in [0.1, 0.15) is 18.6 Å². The lowest BCUT2D eigenvalue weighted by molar-refractivity contribution is -0.384. The van der Waals surface area contributed by atoms with Gasteiger partial charge >= 0.3 is 11.9 Å². The Balaban J connectivity index is 2.76. The number of hydrogen-bond donors (Lipinski definition) is 5. The molecule has 0 fully saturated rings. The van der Waals surface area contributed by atoms with Crippen LogP contribution in [0, 0.1) is 10.1 Å². The highest BCUT2D eigenvalue weighted by molar-refractivity contribution is 8.14. The van der Waals surface area contributed by atoms with E-state index in [9.17, 15) is 34.1 Å². The first-order valence-electron chi connectivity index (χ1n) is 8.70. The van der Waals surface area contributed by atoms with E-state index in [-0.39, 0.29) is 29.8 Å². The number of nitro groups is 1. The van der Waals surface area contributed by atoms with Gasteiger partial charge in [0, 0.05) is 29.9 Å². The van der Waals surface area contributed by atoms with E-state index in [1.807, 2.05) is 0 Å². The number of carbonyl (C=O) groups is 5. The van der Waals surface area contributed by atoms with Crippen molar-refractivity contribution in [1.82, 2.24) is 10.6 Å². The normalized spacial score (nSPS) is 12.3. The second-order valence-electron chi connectivity index (χ2n) is 6.12. The number of carboxylic acid groups (broad SMARTS) is 2. The van der Waals surface area contributed by atoms with Crippen LogP contribution in [0.25, 0.3) is 0 Å². The summed E-state index contributed by atoms with van der Waals surface area (Å²) in [7, 11) is 0. The minimum Gasteiger partial charge on any atom is -0.480 e. The Bertz CT molecular complexity index is 860. The number of thioether (sulfide) groups is 1. The second kappa shape index (κ2) is 12.2. The van der Waals surface area contributed by atoms with Crippen LogP contribution in [0.2, 0.25) is 0 Å². The van der Waals surface area contributed by atoms with Crippen molar-refractivity contribution in [2.75, 3.05) is 12.3 Å². The number of hydrogen-bond acceptors (Lipinski definition) is 9. The fraction of sp³-hybridized carbons (Fsp3) is 0.353. The first kappa shape index (κ1) is 25.5. The summed E-state index contributed by atoms with van der Waals surface area (Å²) in [5, 5.41) is 31.9. The third kappa shape index (κ3) is 9.22. The number of nitrogens with one attached hydrogen (secondary N) is 2. The Kier molecular flexibility index (Phi) is 10.1. The largest absolute Gasteiger partial charge is 0.480 e. The molecule has 2 atom stereocenters. The van der Waals surface area contributed by atoms with Crippen LogP contribution in [-0.2, 0) is 19.2 Å². The Labute approximate surface area is 179 Å². The van der Waals surface area contributed by atoms with Gasteiger partial charge in [0.15, 0.2) is 0 Å². The van der Waals surface area contributed by atoms with Crippen LogP contribution in [0.15, 0.2) is 24.3 Å². The van der Waals surface area contributed by atoms with Gasteiger partial charge in [0.05, 0.1) is 4.92 Å². The molecule has 1 rings (SSSR count). The van der Waals surface area contributed by atoms with Crippen LogP contribution in [0.4, 0.5) is 5.69 Å². The van der Waals surface area contributed by atoms with Crippen LogP contribution >= 0.6 is 11.8 Å². The summed E-state index contributed by atoms with van der Waals surface area (Å²) in [4.78, 5) is 67.9. The number of carboxylic acids is 2. The number of nitro benzene ring substituents is 1. The van der Waals surface area contributed by atoms with E-state index in [0.29, 0.717) is 11.8 Å². The van der Waals surface area contributed by atoms with Crippen LogP contribution < -0.4 is 16.4 Å². The average Bonchev–Trinajstić information content (AvgIpc) is 2.72. The van der Waals surface area contributed by atoms with E-state index >= 15 is 0 Å². The molecule has 1 aromatic rings. The van der Waals surface area contributed by atoms with Crippen LogP contribution in [0.1, 0.15) is 23.2 Å². The van der Waals surface area contributed by atoms with Crippen molar-refractivity contribution < 1.29 is 39.1 Å². The molecule has 0 aliphatic rings. The van der Waals surface area contributed by atoms with E-state index in [1.165, 1.54) is 12.1 Å². The maximum Gasteiger partial charge on any atom is 0.322 e. The summed E-state index contributed by atoms with van der Waals surface area (Å²) in [6.07, 6.45) is -0.503. The number of aliphatic carboxylic acids is 2. The molecule has 168 valence electrons. The van der Waals surface area contributed by atoms with Gasteiger partial charge in [-0.2, -0.15) is 0 Å². The van der Waals surface area contributed by atoms with E-state index in [1.54, 1.807) is 0 Å². The summed E-state index contributed by atoms with van der Waals surface area (Å²) in [5.74, 6) is -4.45. The second-order valence-corrected chi connectivity index (χ2v) is 7.11. The molecule has 0 saturated carbocycles. The Hall–Kier alpha value is -3.52. The van der Waals surface area contributed by atoms with Crippen molar-refractivity contribution >= 4 is 46.3 Å². The number of carbonyl (C=O) groups excluding carboxylic acids is 3. The molecule has 0 spiro atoms. The molecule has 0 aliphatic carbocycles. The topological polar surface area (TPSA) is 219 Å². The average molecular weight is 456 g/mol. The molecular weight excluding hydrogens is 436 g/mol. The van der Waals surface area contributed by atoms with E-state index in [2.05, 4.69) is 10.6 Å². The number of rotatable bonds is 12. The Morgan fingerprint density at radius 3 is 2.26 bits per heavy atom. The summed E-state index contributed by atoms with van der Waals surface area (Å²) >= 11 is 0.635. The molecule has 2 amide bonds. The molecule has 0 saturated heterocycles. The van der Waals surface area contributed by atoms with Gasteiger partial charge in [-0.3, -0.25) is 34.1 Å². The molecular formula is C17H20N4O9S. The molecule has 0 heterocycles. The van der Waals surface area contributed by atoms with Gasteiger partial charge in [-0.15, -0.1) is 0 Å². The van der Waals surface area contributed by atoms with Crippen molar-refractivity contribution in [3.8, 4) is 0 Å². The Morgan fingerprint density at radius 2 is 1.74 bits per heavy atom. The van der Waals surface area contributed by atoms with Crippen LogP contribution in [0.5, 0.6) is 0 Å². The lowest BCUT2D eigenvalue weighted by Crippen LogP contribution is -2.49. The maximum absolute atomic E-state index is 12.3. The minimum atomic E-state index is -1.32. The molecule has 0 radical (unpaired) electrons. The first-order valence-corrected chi connectivity index (χ1v) is 9.68. The summed E-state index contributed by atoms with van der Waals surface area (Å²) in [6, 6.07) is 2.18. The molecule has 0 bridgehead atoms. The lowest BCUT2D eigenvalue weighted by Gasteiger charge is -2.18. The summed E-state index contributed by atoms with van der Waals surface area (Å²) in [6.45, 7) is -0.712. The molecule has 1 aromatic carbocycles. The summed E-state index contributed by atoms with van der Waals surface area (Å²) in [5.41, 5.74) is 5.23. The smallest absolute Gasteiger partial charge is 0.322 e. The van der Waals surface area contributed by atoms with Crippen LogP contribution in [0.3, 0.4) is 0 Å². The van der Waals surface area contributed by atoms with E-state index < -0.39 is 52.4 Å². The molecule has 14 heteroatoms. The zero-order valence-electron chi connectivity index (χ0n) is 16.0. The first-order chi connectivity index (χ1) is 14.5. The van der Waals surface area contributed by atoms with Crippen LogP contribution in [-0.4, -0.2) is 68.4 Å². The molecule has 13 nitrogen and oxygen atoms in total. The molecule has 31 heavy (non-hydrogen) atoms. The molecule has 0 unspecified atom stereocenters. The van der Waals surface area contributed by atoms with Gasteiger partial charge in [0.25, 0.3) is 5.69 Å². The number of amides is 2. The van der Waals surface area contributed by atoms with Crippen molar-refractivity contribution in [2.24, 2.45) is 5.73 Å². The lowest BCUT2D eigenvalue weighted by atomic mass is 10.1. The number of benzene rings is 1. The van der Waals surface area contributed by atoms with Crippen molar-refractivity contribution in [3.63, 3.8) is 0 Å². The van der Waals surface area contributed by atoms with Gasteiger partial charge in [0.2, 0.25) is 16.9 Å². The highest BCUT2D eigenvalue weighted by Gasteiger charge is 2.24. The highest BCUT2D eigenvalue weighted by Crippen LogP contribution is 2.17. The van der Waals surface area contributed by atoms with Crippen molar-refractivity contribution in [2.45, 2.75) is 24.9 Å². The SMILES string of the molecule is N[C@@H](CCC(=O)N[C@@H](CSC(=O)c1ccc([N+](=O)[O-])cc1)C(=O)NCC(=O)O)C(=O)O. The van der Waals surface area contributed by atoms with E-state index in [4.69, 9.17) is 15.9 Å².